The van der Waals surface area contributed by atoms with Crippen molar-refractivity contribution in [2.45, 2.75) is 37.8 Å². The van der Waals surface area contributed by atoms with Crippen molar-refractivity contribution in [1.82, 2.24) is 10.2 Å². The Hall–Kier alpha value is -2.96. The first-order valence-corrected chi connectivity index (χ1v) is 13.2. The van der Waals surface area contributed by atoms with E-state index in [9.17, 15) is 14.4 Å². The number of Topliss-reactive ketones (excluding diaryl/α,β-unsaturated/α-hetero) is 1. The minimum atomic E-state index is -0.813. The Bertz CT molecular complexity index is 1210. The van der Waals surface area contributed by atoms with Crippen LogP contribution in [0.3, 0.4) is 0 Å². The van der Waals surface area contributed by atoms with E-state index in [0.29, 0.717) is 22.4 Å². The lowest BCUT2D eigenvalue weighted by atomic mass is 9.77. The molecular weight excluding hydrogens is 480 g/mol. The van der Waals surface area contributed by atoms with Gasteiger partial charge >= 0.3 is 0 Å². The van der Waals surface area contributed by atoms with E-state index in [0.717, 1.165) is 24.0 Å². The fraction of sp³-hybridized carbons (Fsp3) is 0.321. The summed E-state index contributed by atoms with van der Waals surface area (Å²) in [7, 11) is 0. The molecule has 180 valence electrons. The van der Waals surface area contributed by atoms with Crippen molar-refractivity contribution in [3.63, 3.8) is 0 Å². The standard InChI is InChI=1S/C28H27ClN2O3S/c1-17(32)31-25(20-6-3-2-4-7-20)24(27(33)22-8-5-15-35-22)23(19-11-13-21(29)14-12-19)26(31)28(34)30-16-18-9-10-18/h2-8,11-15,18,23-26H,9-10,16H2,1H3,(H,30,34). The minimum absolute atomic E-state index is 0.0578. The van der Waals surface area contributed by atoms with Gasteiger partial charge in [-0.1, -0.05) is 60.1 Å². The van der Waals surface area contributed by atoms with Gasteiger partial charge in [0.15, 0.2) is 5.78 Å². The molecule has 2 amide bonds. The summed E-state index contributed by atoms with van der Waals surface area (Å²) in [5.41, 5.74) is 1.66. The second kappa shape index (κ2) is 9.96. The fourth-order valence-electron chi connectivity index (χ4n) is 5.25. The average Bonchev–Trinajstić information content (AvgIpc) is 3.39. The van der Waals surface area contributed by atoms with E-state index in [1.807, 2.05) is 60.0 Å². The number of ketones is 1. The summed E-state index contributed by atoms with van der Waals surface area (Å²) in [5, 5.41) is 5.53. The average molecular weight is 507 g/mol. The summed E-state index contributed by atoms with van der Waals surface area (Å²) >= 11 is 7.57. The highest BCUT2D eigenvalue weighted by Gasteiger charge is 2.56. The first-order chi connectivity index (χ1) is 17.0. The van der Waals surface area contributed by atoms with Gasteiger partial charge in [-0.3, -0.25) is 14.4 Å². The first kappa shape index (κ1) is 23.8. The van der Waals surface area contributed by atoms with Gasteiger partial charge in [-0.15, -0.1) is 11.3 Å². The van der Waals surface area contributed by atoms with Crippen molar-refractivity contribution in [3.05, 3.63) is 93.1 Å². The van der Waals surface area contributed by atoms with E-state index < -0.39 is 23.9 Å². The fourth-order valence-corrected chi connectivity index (χ4v) is 6.09. The molecule has 1 saturated carbocycles. The molecule has 0 bridgehead atoms. The van der Waals surface area contributed by atoms with Crippen LogP contribution in [0.4, 0.5) is 0 Å². The lowest BCUT2D eigenvalue weighted by Gasteiger charge is -2.30. The summed E-state index contributed by atoms with van der Waals surface area (Å²) in [4.78, 5) is 43.3. The van der Waals surface area contributed by atoms with Gasteiger partial charge in [0.05, 0.1) is 16.8 Å². The Kier molecular flexibility index (Phi) is 6.76. The van der Waals surface area contributed by atoms with Gasteiger partial charge in [0, 0.05) is 24.4 Å². The zero-order valence-electron chi connectivity index (χ0n) is 19.4. The van der Waals surface area contributed by atoms with E-state index in [1.165, 1.54) is 18.3 Å². The van der Waals surface area contributed by atoms with Crippen molar-refractivity contribution in [1.29, 1.82) is 0 Å². The number of halogens is 1. The molecule has 1 aliphatic carbocycles. The number of nitrogens with zero attached hydrogens (tertiary/aromatic N) is 1. The molecule has 2 heterocycles. The monoisotopic (exact) mass is 506 g/mol. The van der Waals surface area contributed by atoms with Crippen molar-refractivity contribution in [2.24, 2.45) is 11.8 Å². The smallest absolute Gasteiger partial charge is 0.243 e. The molecule has 2 aliphatic rings. The molecule has 5 nitrogen and oxygen atoms in total. The first-order valence-electron chi connectivity index (χ1n) is 11.9. The van der Waals surface area contributed by atoms with Gasteiger partial charge in [-0.05, 0) is 53.5 Å². The highest BCUT2D eigenvalue weighted by Crippen LogP contribution is 2.51. The van der Waals surface area contributed by atoms with Crippen LogP contribution in [0.25, 0.3) is 0 Å². The molecule has 1 N–H and O–H groups in total. The molecule has 7 heteroatoms. The minimum Gasteiger partial charge on any atom is -0.354 e. The largest absolute Gasteiger partial charge is 0.354 e. The molecule has 0 radical (unpaired) electrons. The number of hydrogen-bond acceptors (Lipinski definition) is 4. The highest BCUT2D eigenvalue weighted by atomic mass is 35.5. The maximum atomic E-state index is 14.1. The van der Waals surface area contributed by atoms with Gasteiger partial charge < -0.3 is 10.2 Å². The van der Waals surface area contributed by atoms with Gasteiger partial charge in [-0.2, -0.15) is 0 Å². The number of likely N-dealkylation sites (tertiary alicyclic amines) is 1. The Morgan fingerprint density at radius 3 is 2.29 bits per heavy atom. The number of carbonyl (C=O) groups is 3. The summed E-state index contributed by atoms with van der Waals surface area (Å²) in [6.07, 6.45) is 2.21. The van der Waals surface area contributed by atoms with Crippen LogP contribution >= 0.6 is 22.9 Å². The summed E-state index contributed by atoms with van der Waals surface area (Å²) in [6.45, 7) is 2.07. The summed E-state index contributed by atoms with van der Waals surface area (Å²) in [6, 6.07) is 19.1. The molecule has 1 aromatic heterocycles. The third-order valence-corrected chi connectivity index (χ3v) is 8.16. The van der Waals surface area contributed by atoms with Crippen molar-refractivity contribution >= 4 is 40.5 Å². The quantitative estimate of drug-likeness (QED) is 0.431. The Morgan fingerprint density at radius 1 is 0.971 bits per heavy atom. The molecule has 3 aromatic rings. The summed E-state index contributed by atoms with van der Waals surface area (Å²) in [5.74, 6) is -1.15. The Balaban J connectivity index is 1.67. The molecule has 5 rings (SSSR count). The van der Waals surface area contributed by atoms with Crippen LogP contribution in [0.1, 0.15) is 52.5 Å². The number of carbonyl (C=O) groups excluding carboxylic acids is 3. The Labute approximate surface area is 214 Å². The second-order valence-corrected chi connectivity index (χ2v) is 10.7. The molecule has 1 saturated heterocycles. The van der Waals surface area contributed by atoms with Crippen LogP contribution in [0.15, 0.2) is 72.1 Å². The van der Waals surface area contributed by atoms with Gasteiger partial charge in [0.25, 0.3) is 0 Å². The molecule has 0 spiro atoms. The lowest BCUT2D eigenvalue weighted by Crippen LogP contribution is -2.48. The third kappa shape index (κ3) is 4.78. The number of benzene rings is 2. The van der Waals surface area contributed by atoms with Crippen molar-refractivity contribution in [3.8, 4) is 0 Å². The zero-order valence-corrected chi connectivity index (χ0v) is 21.0. The molecular formula is C28H27ClN2O3S. The van der Waals surface area contributed by atoms with Crippen molar-refractivity contribution in [2.75, 3.05) is 6.54 Å². The van der Waals surface area contributed by atoms with Crippen LogP contribution < -0.4 is 5.32 Å². The zero-order chi connectivity index (χ0) is 24.5. The number of nitrogens with one attached hydrogen (secondary N) is 1. The maximum Gasteiger partial charge on any atom is 0.243 e. The van der Waals surface area contributed by atoms with Crippen LogP contribution in [-0.2, 0) is 9.59 Å². The van der Waals surface area contributed by atoms with Crippen LogP contribution in [-0.4, -0.2) is 35.1 Å². The van der Waals surface area contributed by atoms with E-state index in [4.69, 9.17) is 11.6 Å². The molecule has 4 unspecified atom stereocenters. The third-order valence-electron chi connectivity index (χ3n) is 7.02. The SMILES string of the molecule is CC(=O)N1C(C(=O)NCC2CC2)C(c2ccc(Cl)cc2)C(C(=O)c2cccs2)C1c1ccccc1. The number of amides is 2. The summed E-state index contributed by atoms with van der Waals surface area (Å²) < 4.78 is 0. The molecule has 2 fully saturated rings. The van der Waals surface area contributed by atoms with E-state index >= 15 is 0 Å². The lowest BCUT2D eigenvalue weighted by molar-refractivity contribution is -0.139. The van der Waals surface area contributed by atoms with Crippen molar-refractivity contribution < 1.29 is 14.4 Å². The van der Waals surface area contributed by atoms with E-state index in [-0.39, 0.29) is 17.6 Å². The van der Waals surface area contributed by atoms with Gasteiger partial charge in [0.1, 0.15) is 6.04 Å². The molecule has 35 heavy (non-hydrogen) atoms. The number of hydrogen-bond donors (Lipinski definition) is 1. The molecule has 1 aliphatic heterocycles. The molecule has 2 aromatic carbocycles. The van der Waals surface area contributed by atoms with E-state index in [2.05, 4.69) is 5.32 Å². The Morgan fingerprint density at radius 2 is 1.69 bits per heavy atom. The number of thiophene rings is 1. The molecule has 4 atom stereocenters. The van der Waals surface area contributed by atoms with Crippen LogP contribution in [0, 0.1) is 11.8 Å². The normalized spacial score (nSPS) is 23.8. The maximum absolute atomic E-state index is 14.1. The predicted molar refractivity (Wildman–Crippen MR) is 138 cm³/mol. The highest BCUT2D eigenvalue weighted by molar-refractivity contribution is 7.12. The second-order valence-electron chi connectivity index (χ2n) is 9.36. The number of rotatable bonds is 7. The van der Waals surface area contributed by atoms with Crippen LogP contribution in [0.5, 0.6) is 0 Å². The van der Waals surface area contributed by atoms with E-state index in [1.54, 1.807) is 17.0 Å². The van der Waals surface area contributed by atoms with Gasteiger partial charge in [-0.25, -0.2) is 0 Å². The van der Waals surface area contributed by atoms with Gasteiger partial charge in [0.2, 0.25) is 11.8 Å². The topological polar surface area (TPSA) is 66.5 Å². The van der Waals surface area contributed by atoms with Crippen LogP contribution in [0.2, 0.25) is 5.02 Å². The predicted octanol–water partition coefficient (Wildman–Crippen LogP) is 5.48.